The van der Waals surface area contributed by atoms with Crippen LogP contribution in [0.4, 0.5) is 0 Å². The number of rotatable bonds is 7. The Morgan fingerprint density at radius 1 is 1.21 bits per heavy atom. The number of hydrogen-bond donors (Lipinski definition) is 1. The number of thiazole rings is 1. The zero-order valence-corrected chi connectivity index (χ0v) is 17.1. The third-order valence-electron chi connectivity index (χ3n) is 4.98. The first kappa shape index (κ1) is 19.8. The maximum absolute atomic E-state index is 11.1. The second-order valence-corrected chi connectivity index (χ2v) is 8.22. The molecule has 1 saturated heterocycles. The molecule has 0 bridgehead atoms. The Kier molecular flexibility index (Phi) is 6.04. The molecule has 5 nitrogen and oxygen atoms in total. The van der Waals surface area contributed by atoms with Crippen LogP contribution < -0.4 is 0 Å². The number of carbonyl (C=O) groups is 1. The van der Waals surface area contributed by atoms with Crippen molar-refractivity contribution >= 4 is 17.3 Å². The van der Waals surface area contributed by atoms with E-state index in [0.29, 0.717) is 13.2 Å². The van der Waals surface area contributed by atoms with Crippen molar-refractivity contribution in [3.8, 4) is 21.6 Å². The number of nitrogens with zero attached hydrogens (tertiary/aromatic N) is 1. The van der Waals surface area contributed by atoms with E-state index in [-0.39, 0.29) is 11.7 Å². The predicted octanol–water partition coefficient (Wildman–Crippen LogP) is 5.18. The van der Waals surface area contributed by atoms with Crippen molar-refractivity contribution in [2.75, 3.05) is 13.2 Å². The summed E-state index contributed by atoms with van der Waals surface area (Å²) >= 11 is 1.65. The lowest BCUT2D eigenvalue weighted by atomic mass is 10.0. The first-order valence-corrected chi connectivity index (χ1v) is 10.5. The van der Waals surface area contributed by atoms with Crippen LogP contribution in [0.3, 0.4) is 0 Å². The third-order valence-corrected chi connectivity index (χ3v) is 6.16. The van der Waals surface area contributed by atoms with E-state index in [1.54, 1.807) is 23.5 Å². The van der Waals surface area contributed by atoms with Gasteiger partial charge in [0, 0.05) is 6.61 Å². The minimum absolute atomic E-state index is 0.222. The van der Waals surface area contributed by atoms with E-state index in [0.717, 1.165) is 51.7 Å². The molecule has 0 amide bonds. The topological polar surface area (TPSA) is 68.7 Å². The average molecular weight is 410 g/mol. The monoisotopic (exact) mass is 409 g/mol. The lowest BCUT2D eigenvalue weighted by Crippen LogP contribution is -2.13. The third kappa shape index (κ3) is 4.72. The molecular formula is C23H23NO4S. The molecule has 3 aromatic rings. The van der Waals surface area contributed by atoms with Crippen LogP contribution in [-0.2, 0) is 16.1 Å². The quantitative estimate of drug-likeness (QED) is 0.582. The molecule has 1 aromatic heterocycles. The molecule has 1 unspecified atom stereocenters. The molecule has 2 aromatic carbocycles. The number of ether oxygens (including phenoxy) is 2. The smallest absolute Gasteiger partial charge is 0.335 e. The first-order chi connectivity index (χ1) is 14.1. The Hall–Kier alpha value is -2.54. The van der Waals surface area contributed by atoms with Crippen molar-refractivity contribution in [1.29, 1.82) is 0 Å². The fraction of sp³-hybridized carbons (Fsp3) is 0.304. The van der Waals surface area contributed by atoms with Crippen molar-refractivity contribution in [2.45, 2.75) is 32.5 Å². The molecule has 1 aliphatic heterocycles. The second-order valence-electron chi connectivity index (χ2n) is 7.14. The van der Waals surface area contributed by atoms with E-state index >= 15 is 0 Å². The van der Waals surface area contributed by atoms with Crippen LogP contribution in [0.2, 0.25) is 0 Å². The number of aromatic nitrogens is 1. The van der Waals surface area contributed by atoms with Gasteiger partial charge in [-0.15, -0.1) is 11.3 Å². The minimum atomic E-state index is -0.917. The van der Waals surface area contributed by atoms with Crippen LogP contribution in [0.15, 0.2) is 48.5 Å². The maximum atomic E-state index is 11.1. The van der Waals surface area contributed by atoms with Gasteiger partial charge in [0.1, 0.15) is 5.01 Å². The molecule has 150 valence electrons. The van der Waals surface area contributed by atoms with E-state index in [9.17, 15) is 4.79 Å². The Morgan fingerprint density at radius 3 is 2.72 bits per heavy atom. The summed E-state index contributed by atoms with van der Waals surface area (Å²) in [6, 6.07) is 15.2. The summed E-state index contributed by atoms with van der Waals surface area (Å²) < 4.78 is 11.4. The highest BCUT2D eigenvalue weighted by molar-refractivity contribution is 7.15. The Morgan fingerprint density at radius 2 is 2.00 bits per heavy atom. The van der Waals surface area contributed by atoms with Gasteiger partial charge in [0.15, 0.2) is 0 Å². The van der Waals surface area contributed by atoms with Gasteiger partial charge in [0.05, 0.1) is 35.5 Å². The summed E-state index contributed by atoms with van der Waals surface area (Å²) in [5, 5.41) is 10.0. The molecule has 0 aliphatic carbocycles. The Labute approximate surface area is 174 Å². The fourth-order valence-electron chi connectivity index (χ4n) is 3.48. The van der Waals surface area contributed by atoms with Gasteiger partial charge in [-0.1, -0.05) is 30.3 Å². The summed E-state index contributed by atoms with van der Waals surface area (Å²) in [6.45, 7) is 3.98. The molecule has 29 heavy (non-hydrogen) atoms. The molecular weight excluding hydrogens is 386 g/mol. The average Bonchev–Trinajstić information content (AvgIpc) is 3.38. The minimum Gasteiger partial charge on any atom is -0.478 e. The van der Waals surface area contributed by atoms with Gasteiger partial charge in [-0.3, -0.25) is 0 Å². The van der Waals surface area contributed by atoms with E-state index in [1.165, 1.54) is 0 Å². The summed E-state index contributed by atoms with van der Waals surface area (Å²) in [7, 11) is 0. The Balaban J connectivity index is 1.48. The molecule has 0 spiro atoms. The van der Waals surface area contributed by atoms with Crippen molar-refractivity contribution in [1.82, 2.24) is 4.98 Å². The van der Waals surface area contributed by atoms with Crippen LogP contribution in [-0.4, -0.2) is 35.4 Å². The highest BCUT2D eigenvalue weighted by Crippen LogP contribution is 2.33. The zero-order chi connectivity index (χ0) is 20.2. The molecule has 0 radical (unpaired) electrons. The van der Waals surface area contributed by atoms with E-state index in [4.69, 9.17) is 14.6 Å². The van der Waals surface area contributed by atoms with Gasteiger partial charge < -0.3 is 14.6 Å². The number of aromatic carboxylic acids is 1. The standard InChI is InChI=1S/C23H23NO4S/c1-15-22(29-21(24-15)14-27-13-20-6-3-11-28-20)19-5-2-4-18(12-19)16-7-9-17(10-8-16)23(25)26/h2,4-5,7-10,12,20H,3,6,11,13-14H2,1H3,(H,25,26). The van der Waals surface area contributed by atoms with Gasteiger partial charge >= 0.3 is 5.97 Å². The summed E-state index contributed by atoms with van der Waals surface area (Å²) in [5.41, 5.74) is 4.41. The fourth-order valence-corrected chi connectivity index (χ4v) is 4.48. The van der Waals surface area contributed by atoms with Crippen molar-refractivity contribution in [2.24, 2.45) is 0 Å². The van der Waals surface area contributed by atoms with E-state index in [1.807, 2.05) is 31.2 Å². The molecule has 4 rings (SSSR count). The van der Waals surface area contributed by atoms with Crippen LogP contribution >= 0.6 is 11.3 Å². The summed E-state index contributed by atoms with van der Waals surface area (Å²) in [4.78, 5) is 16.9. The Bertz CT molecular complexity index is 990. The number of aryl methyl sites for hydroxylation is 1. The lowest BCUT2D eigenvalue weighted by molar-refractivity contribution is 0.0105. The maximum Gasteiger partial charge on any atom is 0.335 e. The normalized spacial score (nSPS) is 16.2. The highest BCUT2D eigenvalue weighted by Gasteiger charge is 2.16. The van der Waals surface area contributed by atoms with Gasteiger partial charge in [-0.2, -0.15) is 0 Å². The number of carboxylic acid groups (broad SMARTS) is 1. The SMILES string of the molecule is Cc1nc(COCC2CCCO2)sc1-c1cccc(-c2ccc(C(=O)O)cc2)c1. The molecule has 1 fully saturated rings. The van der Waals surface area contributed by atoms with Crippen LogP contribution in [0, 0.1) is 6.92 Å². The second kappa shape index (κ2) is 8.86. The molecule has 6 heteroatoms. The van der Waals surface area contributed by atoms with Crippen molar-refractivity contribution in [3.63, 3.8) is 0 Å². The van der Waals surface area contributed by atoms with Crippen LogP contribution in [0.25, 0.3) is 21.6 Å². The van der Waals surface area contributed by atoms with Crippen molar-refractivity contribution in [3.05, 3.63) is 64.8 Å². The highest BCUT2D eigenvalue weighted by atomic mass is 32.1. The number of carboxylic acids is 1. The van der Waals surface area contributed by atoms with E-state index < -0.39 is 5.97 Å². The first-order valence-electron chi connectivity index (χ1n) is 9.70. The van der Waals surface area contributed by atoms with Gasteiger partial charge in [0.2, 0.25) is 0 Å². The van der Waals surface area contributed by atoms with Gasteiger partial charge in [-0.05, 0) is 54.7 Å². The number of hydrogen-bond acceptors (Lipinski definition) is 5. The largest absolute Gasteiger partial charge is 0.478 e. The van der Waals surface area contributed by atoms with Crippen LogP contribution in [0.1, 0.15) is 33.9 Å². The molecule has 1 aliphatic rings. The predicted molar refractivity (Wildman–Crippen MR) is 113 cm³/mol. The number of benzene rings is 2. The molecule has 1 N–H and O–H groups in total. The molecule has 2 heterocycles. The van der Waals surface area contributed by atoms with Crippen LogP contribution in [0.5, 0.6) is 0 Å². The molecule has 1 atom stereocenters. The van der Waals surface area contributed by atoms with Crippen molar-refractivity contribution < 1.29 is 19.4 Å². The van der Waals surface area contributed by atoms with E-state index in [2.05, 4.69) is 17.1 Å². The van der Waals surface area contributed by atoms with Gasteiger partial charge in [0.25, 0.3) is 0 Å². The summed E-state index contributed by atoms with van der Waals surface area (Å²) in [5.74, 6) is -0.917. The molecule has 0 saturated carbocycles. The zero-order valence-electron chi connectivity index (χ0n) is 16.3. The lowest BCUT2D eigenvalue weighted by Gasteiger charge is -2.08. The summed E-state index contributed by atoms with van der Waals surface area (Å²) in [6.07, 6.45) is 2.41. The van der Waals surface area contributed by atoms with Gasteiger partial charge in [-0.25, -0.2) is 9.78 Å².